The number of aromatic amines is 1. The summed E-state index contributed by atoms with van der Waals surface area (Å²) in [4.78, 5) is 22.0. The number of nitrogens with one attached hydrogen (secondary N) is 2. The highest BCUT2D eigenvalue weighted by molar-refractivity contribution is 6.34. The first-order chi connectivity index (χ1) is 11.9. The SMILES string of the molecule is CC(=O)NCc1cc2cc(Cl)c(-c3cnc(OC(F)F)cn3)cc2[nH]1. The van der Waals surface area contributed by atoms with E-state index in [1.165, 1.54) is 13.1 Å². The Morgan fingerprint density at radius 2 is 2.12 bits per heavy atom. The Kier molecular flexibility index (Phi) is 4.80. The summed E-state index contributed by atoms with van der Waals surface area (Å²) in [5.41, 5.74) is 2.64. The van der Waals surface area contributed by atoms with Gasteiger partial charge < -0.3 is 15.0 Å². The van der Waals surface area contributed by atoms with Crippen molar-refractivity contribution < 1.29 is 18.3 Å². The first kappa shape index (κ1) is 17.1. The normalized spacial score (nSPS) is 11.1. The summed E-state index contributed by atoms with van der Waals surface area (Å²) in [7, 11) is 0. The zero-order valence-corrected chi connectivity index (χ0v) is 13.8. The van der Waals surface area contributed by atoms with Gasteiger partial charge in [-0.2, -0.15) is 8.78 Å². The average molecular weight is 367 g/mol. The summed E-state index contributed by atoms with van der Waals surface area (Å²) in [5.74, 6) is -0.396. The predicted molar refractivity (Wildman–Crippen MR) is 88.5 cm³/mol. The van der Waals surface area contributed by atoms with E-state index >= 15 is 0 Å². The Morgan fingerprint density at radius 3 is 2.76 bits per heavy atom. The second kappa shape index (κ2) is 7.02. The molecule has 2 aromatic heterocycles. The molecule has 0 fully saturated rings. The molecular formula is C16H13ClF2N4O2. The number of H-pyrrole nitrogens is 1. The quantitative estimate of drug-likeness (QED) is 0.724. The topological polar surface area (TPSA) is 79.9 Å². The molecule has 0 aliphatic heterocycles. The van der Waals surface area contributed by atoms with Crippen LogP contribution < -0.4 is 10.1 Å². The maximum atomic E-state index is 12.2. The molecule has 1 amide bonds. The Balaban J connectivity index is 1.90. The number of alkyl halides is 2. The van der Waals surface area contributed by atoms with Crippen LogP contribution in [0.5, 0.6) is 5.88 Å². The van der Waals surface area contributed by atoms with E-state index in [1.54, 1.807) is 12.1 Å². The van der Waals surface area contributed by atoms with Gasteiger partial charge in [-0.1, -0.05) is 11.6 Å². The van der Waals surface area contributed by atoms with Crippen LogP contribution in [-0.4, -0.2) is 27.5 Å². The lowest BCUT2D eigenvalue weighted by molar-refractivity contribution is -0.119. The average Bonchev–Trinajstić information content (AvgIpc) is 2.94. The molecular weight excluding hydrogens is 354 g/mol. The molecule has 0 aliphatic rings. The summed E-state index contributed by atoms with van der Waals surface area (Å²) in [5, 5.41) is 4.02. The number of carbonyl (C=O) groups excluding carboxylic acids is 1. The van der Waals surface area contributed by atoms with Gasteiger partial charge in [0.1, 0.15) is 0 Å². The number of fused-ring (bicyclic) bond motifs is 1. The minimum Gasteiger partial charge on any atom is -0.415 e. The number of hydrogen-bond acceptors (Lipinski definition) is 4. The van der Waals surface area contributed by atoms with Crippen LogP contribution in [-0.2, 0) is 11.3 Å². The summed E-state index contributed by atoms with van der Waals surface area (Å²) in [6, 6.07) is 5.42. The Bertz CT molecular complexity index is 912. The summed E-state index contributed by atoms with van der Waals surface area (Å²) < 4.78 is 28.5. The summed E-state index contributed by atoms with van der Waals surface area (Å²) in [6.07, 6.45) is 2.42. The van der Waals surface area contributed by atoms with Crippen LogP contribution in [0.2, 0.25) is 5.02 Å². The number of ether oxygens (including phenoxy) is 1. The van der Waals surface area contributed by atoms with Crippen LogP contribution in [0.25, 0.3) is 22.2 Å². The van der Waals surface area contributed by atoms with Gasteiger partial charge in [0, 0.05) is 29.1 Å². The van der Waals surface area contributed by atoms with Gasteiger partial charge in [0.15, 0.2) is 0 Å². The molecule has 0 saturated carbocycles. The van der Waals surface area contributed by atoms with Crippen molar-refractivity contribution >= 4 is 28.4 Å². The number of rotatable bonds is 5. The molecule has 0 aliphatic carbocycles. The number of benzene rings is 1. The van der Waals surface area contributed by atoms with Crippen molar-refractivity contribution in [1.82, 2.24) is 20.3 Å². The predicted octanol–water partition coefficient (Wildman–Crippen LogP) is 3.52. The zero-order chi connectivity index (χ0) is 18.0. The maximum absolute atomic E-state index is 12.2. The van der Waals surface area contributed by atoms with Crippen molar-refractivity contribution in [3.05, 3.63) is 41.3 Å². The van der Waals surface area contributed by atoms with Crippen LogP contribution in [0.15, 0.2) is 30.6 Å². The lowest BCUT2D eigenvalue weighted by atomic mass is 10.1. The van der Waals surface area contributed by atoms with E-state index in [-0.39, 0.29) is 11.8 Å². The second-order valence-electron chi connectivity index (χ2n) is 5.24. The molecule has 25 heavy (non-hydrogen) atoms. The highest BCUT2D eigenvalue weighted by Gasteiger charge is 2.12. The standard InChI is InChI=1S/C16H13ClF2N4O2/c1-8(24)20-5-10-2-9-3-12(17)11(4-13(9)23-10)14-6-22-15(7-21-14)25-16(18)19/h2-4,6-7,16,23H,5H2,1H3,(H,20,24). The summed E-state index contributed by atoms with van der Waals surface area (Å²) >= 11 is 6.30. The third-order valence-electron chi connectivity index (χ3n) is 3.41. The van der Waals surface area contributed by atoms with Crippen LogP contribution in [0.1, 0.15) is 12.6 Å². The first-order valence-electron chi connectivity index (χ1n) is 7.25. The molecule has 9 heteroatoms. The molecule has 1 aromatic carbocycles. The van der Waals surface area contributed by atoms with Crippen LogP contribution in [0.3, 0.4) is 0 Å². The first-order valence-corrected chi connectivity index (χ1v) is 7.63. The molecule has 0 bridgehead atoms. The highest BCUT2D eigenvalue weighted by atomic mass is 35.5. The maximum Gasteiger partial charge on any atom is 0.388 e. The van der Waals surface area contributed by atoms with Gasteiger partial charge in [-0.05, 0) is 18.2 Å². The van der Waals surface area contributed by atoms with Gasteiger partial charge in [0.2, 0.25) is 11.8 Å². The van der Waals surface area contributed by atoms with Gasteiger partial charge >= 0.3 is 6.61 Å². The lowest BCUT2D eigenvalue weighted by Crippen LogP contribution is -2.18. The Morgan fingerprint density at radius 1 is 1.32 bits per heavy atom. The molecule has 3 aromatic rings. The Hall–Kier alpha value is -2.74. The fourth-order valence-electron chi connectivity index (χ4n) is 2.33. The largest absolute Gasteiger partial charge is 0.415 e. The number of amides is 1. The summed E-state index contributed by atoms with van der Waals surface area (Å²) in [6.45, 7) is -1.14. The van der Waals surface area contributed by atoms with Gasteiger partial charge in [0.25, 0.3) is 0 Å². The molecule has 6 nitrogen and oxygen atoms in total. The van der Waals surface area contributed by atoms with E-state index in [9.17, 15) is 13.6 Å². The molecule has 0 atom stereocenters. The minimum atomic E-state index is -2.96. The van der Waals surface area contributed by atoms with Crippen molar-refractivity contribution in [2.75, 3.05) is 0 Å². The smallest absolute Gasteiger partial charge is 0.388 e. The number of hydrogen-bond donors (Lipinski definition) is 2. The second-order valence-corrected chi connectivity index (χ2v) is 5.65. The molecule has 0 spiro atoms. The van der Waals surface area contributed by atoms with Gasteiger partial charge in [0.05, 0.1) is 29.7 Å². The molecule has 0 unspecified atom stereocenters. The van der Waals surface area contributed by atoms with E-state index < -0.39 is 6.61 Å². The third kappa shape index (κ3) is 4.03. The zero-order valence-electron chi connectivity index (χ0n) is 13.0. The number of halogens is 3. The number of carbonyl (C=O) groups is 1. The minimum absolute atomic E-state index is 0.126. The van der Waals surface area contributed by atoms with Crippen molar-refractivity contribution in [2.24, 2.45) is 0 Å². The van der Waals surface area contributed by atoms with Crippen molar-refractivity contribution in [2.45, 2.75) is 20.1 Å². The van der Waals surface area contributed by atoms with Crippen molar-refractivity contribution in [1.29, 1.82) is 0 Å². The van der Waals surface area contributed by atoms with E-state index in [4.69, 9.17) is 11.6 Å². The van der Waals surface area contributed by atoms with Crippen molar-refractivity contribution in [3.8, 4) is 17.1 Å². The van der Waals surface area contributed by atoms with Gasteiger partial charge in [-0.3, -0.25) is 4.79 Å². The molecule has 2 heterocycles. The lowest BCUT2D eigenvalue weighted by Gasteiger charge is -2.06. The van der Waals surface area contributed by atoms with Crippen LogP contribution in [0, 0.1) is 0 Å². The fraction of sp³-hybridized carbons (Fsp3) is 0.188. The highest BCUT2D eigenvalue weighted by Crippen LogP contribution is 2.31. The molecule has 0 saturated heterocycles. The van der Waals surface area contributed by atoms with E-state index in [0.717, 1.165) is 22.8 Å². The molecule has 3 rings (SSSR count). The Labute approximate surface area is 146 Å². The van der Waals surface area contributed by atoms with E-state index in [2.05, 4.69) is 25.0 Å². The van der Waals surface area contributed by atoms with Gasteiger partial charge in [-0.25, -0.2) is 9.97 Å². The van der Waals surface area contributed by atoms with Crippen LogP contribution in [0.4, 0.5) is 8.78 Å². The van der Waals surface area contributed by atoms with E-state index in [0.29, 0.717) is 22.8 Å². The monoisotopic (exact) mass is 366 g/mol. The number of nitrogens with zero attached hydrogens (tertiary/aromatic N) is 2. The third-order valence-corrected chi connectivity index (χ3v) is 3.72. The number of aromatic nitrogens is 3. The van der Waals surface area contributed by atoms with Gasteiger partial charge in [-0.15, -0.1) is 0 Å². The molecule has 2 N–H and O–H groups in total. The van der Waals surface area contributed by atoms with Crippen LogP contribution >= 0.6 is 11.6 Å². The molecule has 0 radical (unpaired) electrons. The fourth-order valence-corrected chi connectivity index (χ4v) is 2.60. The molecule has 130 valence electrons. The van der Waals surface area contributed by atoms with Crippen molar-refractivity contribution in [3.63, 3.8) is 0 Å². The van der Waals surface area contributed by atoms with E-state index in [1.807, 2.05) is 6.07 Å².